The molecule has 0 N–H and O–H groups in total. The van der Waals surface area contributed by atoms with E-state index in [2.05, 4.69) is 11.1 Å². The molecule has 2 heteroatoms. The van der Waals surface area contributed by atoms with Crippen LogP contribution in [0, 0.1) is 12.5 Å². The SMILES string of the molecule is C#COC1C=CC(C)=NC1. The number of dihydropyridines is 1. The van der Waals surface area contributed by atoms with E-state index in [1.807, 2.05) is 19.1 Å². The van der Waals surface area contributed by atoms with E-state index in [0.29, 0.717) is 6.54 Å². The molecule has 0 spiro atoms. The fraction of sp³-hybridized carbons (Fsp3) is 0.375. The van der Waals surface area contributed by atoms with E-state index in [1.165, 1.54) is 0 Å². The van der Waals surface area contributed by atoms with Gasteiger partial charge in [-0.2, -0.15) is 0 Å². The van der Waals surface area contributed by atoms with E-state index in [1.54, 1.807) is 0 Å². The van der Waals surface area contributed by atoms with Gasteiger partial charge in [0.25, 0.3) is 0 Å². The van der Waals surface area contributed by atoms with Gasteiger partial charge in [0.15, 0.2) is 0 Å². The van der Waals surface area contributed by atoms with E-state index in [4.69, 9.17) is 11.2 Å². The first kappa shape index (κ1) is 6.88. The third-order valence-corrected chi connectivity index (χ3v) is 1.29. The summed E-state index contributed by atoms with van der Waals surface area (Å²) < 4.78 is 4.86. The van der Waals surface area contributed by atoms with Gasteiger partial charge < -0.3 is 4.74 Å². The molecular formula is C8H9NO. The fourth-order valence-electron chi connectivity index (χ4n) is 0.758. The quantitative estimate of drug-likeness (QED) is 0.491. The zero-order valence-corrected chi connectivity index (χ0v) is 5.87. The van der Waals surface area contributed by atoms with E-state index < -0.39 is 0 Å². The van der Waals surface area contributed by atoms with Crippen molar-refractivity contribution in [3.05, 3.63) is 12.2 Å². The summed E-state index contributed by atoms with van der Waals surface area (Å²) in [7, 11) is 0. The molecule has 1 atom stereocenters. The van der Waals surface area contributed by atoms with Gasteiger partial charge in [0.2, 0.25) is 0 Å². The molecule has 52 valence electrons. The normalized spacial score (nSPS) is 23.2. The summed E-state index contributed by atoms with van der Waals surface area (Å²) in [6.07, 6.45) is 10.9. The van der Waals surface area contributed by atoms with Gasteiger partial charge in [-0.15, -0.1) is 0 Å². The summed E-state index contributed by atoms with van der Waals surface area (Å²) in [5.74, 6) is 0. The van der Waals surface area contributed by atoms with Crippen molar-refractivity contribution in [1.82, 2.24) is 0 Å². The van der Waals surface area contributed by atoms with E-state index in [-0.39, 0.29) is 6.10 Å². The van der Waals surface area contributed by atoms with Crippen molar-refractivity contribution in [2.45, 2.75) is 13.0 Å². The first-order valence-electron chi connectivity index (χ1n) is 3.13. The molecule has 1 rings (SSSR count). The van der Waals surface area contributed by atoms with Crippen molar-refractivity contribution >= 4 is 5.71 Å². The zero-order chi connectivity index (χ0) is 7.40. The van der Waals surface area contributed by atoms with Crippen molar-refractivity contribution in [2.24, 2.45) is 4.99 Å². The van der Waals surface area contributed by atoms with E-state index in [9.17, 15) is 0 Å². The Bertz CT molecular complexity index is 210. The van der Waals surface area contributed by atoms with Crippen LogP contribution in [0.4, 0.5) is 0 Å². The second-order valence-electron chi connectivity index (χ2n) is 2.12. The lowest BCUT2D eigenvalue weighted by Gasteiger charge is -2.10. The third kappa shape index (κ3) is 1.63. The van der Waals surface area contributed by atoms with Gasteiger partial charge in [-0.3, -0.25) is 4.99 Å². The highest BCUT2D eigenvalue weighted by Crippen LogP contribution is 2.01. The second kappa shape index (κ2) is 3.07. The number of terminal acetylenes is 1. The van der Waals surface area contributed by atoms with Crippen LogP contribution in [0.2, 0.25) is 0 Å². The standard InChI is InChI=1S/C8H9NO/c1-3-10-8-5-4-7(2)9-6-8/h1,4-5,8H,6H2,2H3. The van der Waals surface area contributed by atoms with Crippen LogP contribution in [-0.2, 0) is 4.74 Å². The van der Waals surface area contributed by atoms with Crippen LogP contribution in [0.5, 0.6) is 0 Å². The second-order valence-corrected chi connectivity index (χ2v) is 2.12. The van der Waals surface area contributed by atoms with Crippen molar-refractivity contribution in [2.75, 3.05) is 6.54 Å². The molecule has 1 aliphatic rings. The molecule has 0 bridgehead atoms. The summed E-state index contributed by atoms with van der Waals surface area (Å²) in [5.41, 5.74) is 1.02. The first-order valence-corrected chi connectivity index (χ1v) is 3.13. The largest absolute Gasteiger partial charge is 0.437 e. The lowest BCUT2D eigenvalue weighted by Crippen LogP contribution is -2.15. The minimum Gasteiger partial charge on any atom is -0.437 e. The lowest BCUT2D eigenvalue weighted by atomic mass is 10.2. The van der Waals surface area contributed by atoms with Crippen LogP contribution in [-0.4, -0.2) is 18.4 Å². The summed E-state index contributed by atoms with van der Waals surface area (Å²) >= 11 is 0. The minimum atomic E-state index is -0.0197. The predicted octanol–water partition coefficient (Wildman–Crippen LogP) is 0.993. The van der Waals surface area contributed by atoms with Crippen LogP contribution < -0.4 is 0 Å². The summed E-state index contributed by atoms with van der Waals surface area (Å²) in [6, 6.07) is 0. The van der Waals surface area contributed by atoms with Crippen molar-refractivity contribution in [3.8, 4) is 12.5 Å². The molecule has 0 saturated heterocycles. The van der Waals surface area contributed by atoms with Crippen LogP contribution in [0.1, 0.15) is 6.92 Å². The number of hydrogen-bond acceptors (Lipinski definition) is 2. The van der Waals surface area contributed by atoms with Gasteiger partial charge in [-0.05, 0) is 19.1 Å². The molecule has 0 radical (unpaired) electrons. The van der Waals surface area contributed by atoms with Gasteiger partial charge in [-0.25, -0.2) is 0 Å². The Labute approximate surface area is 60.6 Å². The van der Waals surface area contributed by atoms with Gasteiger partial charge in [0.1, 0.15) is 12.2 Å². The lowest BCUT2D eigenvalue weighted by molar-refractivity contribution is 0.219. The molecule has 0 fully saturated rings. The molecule has 1 unspecified atom stereocenters. The third-order valence-electron chi connectivity index (χ3n) is 1.29. The highest BCUT2D eigenvalue weighted by Gasteiger charge is 2.06. The Kier molecular flexibility index (Phi) is 2.11. The molecule has 0 amide bonds. The molecule has 0 aromatic heterocycles. The van der Waals surface area contributed by atoms with Crippen molar-refractivity contribution < 1.29 is 4.74 Å². The molecule has 0 aliphatic carbocycles. The van der Waals surface area contributed by atoms with Gasteiger partial charge in [0.05, 0.1) is 6.54 Å². The molecule has 0 aromatic rings. The Morgan fingerprint density at radius 3 is 3.20 bits per heavy atom. The van der Waals surface area contributed by atoms with Gasteiger partial charge in [-0.1, -0.05) is 6.42 Å². The fourth-order valence-corrected chi connectivity index (χ4v) is 0.758. The number of hydrogen-bond donors (Lipinski definition) is 0. The van der Waals surface area contributed by atoms with Gasteiger partial charge >= 0.3 is 0 Å². The number of allylic oxidation sites excluding steroid dienone is 1. The smallest absolute Gasteiger partial charge is 0.148 e. The topological polar surface area (TPSA) is 21.6 Å². The molecule has 0 saturated carbocycles. The van der Waals surface area contributed by atoms with Crippen LogP contribution in [0.25, 0.3) is 0 Å². The monoisotopic (exact) mass is 135 g/mol. The average molecular weight is 135 g/mol. The average Bonchev–Trinajstić information content (AvgIpc) is 1.95. The predicted molar refractivity (Wildman–Crippen MR) is 40.8 cm³/mol. The maximum atomic E-state index is 4.94. The zero-order valence-electron chi connectivity index (χ0n) is 5.87. The molecule has 0 aromatic carbocycles. The number of aliphatic imine (C=N–C) groups is 1. The number of ether oxygens (including phenoxy) is 1. The maximum Gasteiger partial charge on any atom is 0.148 e. The van der Waals surface area contributed by atoms with Crippen LogP contribution in [0.3, 0.4) is 0 Å². The molecule has 2 nitrogen and oxygen atoms in total. The van der Waals surface area contributed by atoms with Crippen molar-refractivity contribution in [1.29, 1.82) is 0 Å². The summed E-state index contributed by atoms with van der Waals surface area (Å²) in [5, 5.41) is 0. The molecule has 1 aliphatic heterocycles. The Balaban J connectivity index is 2.46. The molecule has 10 heavy (non-hydrogen) atoms. The highest BCUT2D eigenvalue weighted by atomic mass is 16.5. The number of rotatable bonds is 1. The molecule has 1 heterocycles. The van der Waals surface area contributed by atoms with Gasteiger partial charge in [0, 0.05) is 5.71 Å². The Morgan fingerprint density at radius 2 is 2.70 bits per heavy atom. The van der Waals surface area contributed by atoms with Crippen LogP contribution in [0.15, 0.2) is 17.1 Å². The summed E-state index contributed by atoms with van der Waals surface area (Å²) in [4.78, 5) is 4.14. The van der Waals surface area contributed by atoms with Crippen molar-refractivity contribution in [3.63, 3.8) is 0 Å². The Morgan fingerprint density at radius 1 is 1.90 bits per heavy atom. The maximum absolute atomic E-state index is 4.94. The number of nitrogens with zero attached hydrogens (tertiary/aromatic N) is 1. The van der Waals surface area contributed by atoms with E-state index >= 15 is 0 Å². The summed E-state index contributed by atoms with van der Waals surface area (Å²) in [6.45, 7) is 2.59. The molecular weight excluding hydrogens is 126 g/mol. The van der Waals surface area contributed by atoms with Crippen LogP contribution >= 0.6 is 0 Å². The Hall–Kier alpha value is -1.23. The highest BCUT2D eigenvalue weighted by molar-refractivity contribution is 5.93. The first-order chi connectivity index (χ1) is 4.83. The van der Waals surface area contributed by atoms with E-state index in [0.717, 1.165) is 5.71 Å². The minimum absolute atomic E-state index is 0.0197.